The van der Waals surface area contributed by atoms with Crippen LogP contribution in [0.1, 0.15) is 23.7 Å². The number of hydrogen-bond acceptors (Lipinski definition) is 6. The highest BCUT2D eigenvalue weighted by atomic mass is 35.5. The number of aromatic nitrogens is 4. The molecule has 0 bridgehead atoms. The molecule has 1 fully saturated rings. The topological polar surface area (TPSA) is 110 Å². The number of pyridine rings is 1. The number of halogens is 2. The summed E-state index contributed by atoms with van der Waals surface area (Å²) in [6.45, 7) is 1.10. The van der Waals surface area contributed by atoms with E-state index in [9.17, 15) is 18.8 Å². The Balaban J connectivity index is 1.41. The van der Waals surface area contributed by atoms with E-state index >= 15 is 0 Å². The molecule has 0 unspecified atom stereocenters. The van der Waals surface area contributed by atoms with Gasteiger partial charge in [-0.2, -0.15) is 10.2 Å². The maximum Gasteiger partial charge on any atom is 0.247 e. The third kappa shape index (κ3) is 4.92. The molecule has 37 heavy (non-hydrogen) atoms. The van der Waals surface area contributed by atoms with Gasteiger partial charge in [0.1, 0.15) is 18.8 Å². The van der Waals surface area contributed by atoms with Gasteiger partial charge >= 0.3 is 0 Å². The zero-order valence-electron chi connectivity index (χ0n) is 19.8. The Bertz CT molecular complexity index is 1510. The molecule has 9 nitrogen and oxygen atoms in total. The fourth-order valence-corrected chi connectivity index (χ4v) is 4.76. The molecule has 1 aliphatic rings. The Kier molecular flexibility index (Phi) is 6.66. The van der Waals surface area contributed by atoms with Crippen molar-refractivity contribution in [2.75, 3.05) is 11.9 Å². The Morgan fingerprint density at radius 2 is 1.97 bits per heavy atom. The van der Waals surface area contributed by atoms with E-state index in [-0.39, 0.29) is 36.1 Å². The van der Waals surface area contributed by atoms with E-state index in [1.54, 1.807) is 35.3 Å². The number of nitrogens with zero attached hydrogens (tertiary/aromatic N) is 5. The number of nitrogens with one attached hydrogen (secondary N) is 1. The molecule has 5 rings (SSSR count). The molecule has 3 aromatic heterocycles. The van der Waals surface area contributed by atoms with Crippen LogP contribution in [0.2, 0.25) is 5.15 Å². The number of benzene rings is 1. The van der Waals surface area contributed by atoms with E-state index in [0.717, 1.165) is 11.1 Å². The van der Waals surface area contributed by atoms with Gasteiger partial charge in [-0.3, -0.25) is 14.4 Å². The van der Waals surface area contributed by atoms with Crippen molar-refractivity contribution in [3.05, 3.63) is 71.9 Å². The van der Waals surface area contributed by atoms with E-state index in [4.69, 9.17) is 11.6 Å². The number of Topliss-reactive ketones (excluding diaryl/α,β-unsaturated/α-hetero) is 1. The predicted molar refractivity (Wildman–Crippen MR) is 136 cm³/mol. The number of likely N-dealkylation sites (tertiary alicyclic amines) is 1. The summed E-state index contributed by atoms with van der Waals surface area (Å²) in [7, 11) is 0. The van der Waals surface area contributed by atoms with Crippen LogP contribution in [0.15, 0.2) is 61.2 Å². The van der Waals surface area contributed by atoms with Gasteiger partial charge in [0.15, 0.2) is 10.9 Å². The molecule has 0 radical (unpaired) electrons. The molecule has 1 aromatic carbocycles. The van der Waals surface area contributed by atoms with E-state index in [1.807, 2.05) is 24.3 Å². The molecule has 1 N–H and O–H groups in total. The highest BCUT2D eigenvalue weighted by Gasteiger charge is 2.40. The van der Waals surface area contributed by atoms with Crippen LogP contribution in [0.4, 0.5) is 10.1 Å². The number of hydrogen-bond donors (Lipinski definition) is 1. The van der Waals surface area contributed by atoms with E-state index in [2.05, 4.69) is 20.5 Å². The third-order valence-electron chi connectivity index (χ3n) is 6.37. The number of amides is 2. The number of ketones is 1. The maximum atomic E-state index is 14.4. The highest BCUT2D eigenvalue weighted by molar-refractivity contribution is 6.32. The molecule has 2 atom stereocenters. The Labute approximate surface area is 216 Å². The van der Waals surface area contributed by atoms with Crippen LogP contribution in [0.3, 0.4) is 0 Å². The second-order valence-corrected chi connectivity index (χ2v) is 9.17. The van der Waals surface area contributed by atoms with Crippen molar-refractivity contribution in [2.45, 2.75) is 32.1 Å². The first-order valence-electron chi connectivity index (χ1n) is 11.6. The molecular weight excluding hydrogens is 499 g/mol. The second-order valence-electron chi connectivity index (χ2n) is 8.82. The Morgan fingerprint density at radius 1 is 1.14 bits per heavy atom. The van der Waals surface area contributed by atoms with Gasteiger partial charge < -0.3 is 14.8 Å². The SMILES string of the molecule is CC(=O)c1cn(CC(=O)N2C[C@H](F)C[C@H]2C(=O)Nc2cccnc2Cl)c2ccc(-c3ccnnc3)cc12. The quantitative estimate of drug-likeness (QED) is 0.305. The fraction of sp³-hybridized carbons (Fsp3) is 0.231. The van der Waals surface area contributed by atoms with Crippen LogP contribution in [-0.4, -0.2) is 61.0 Å². The summed E-state index contributed by atoms with van der Waals surface area (Å²) in [5, 5.41) is 11.1. The molecule has 1 aliphatic heterocycles. The van der Waals surface area contributed by atoms with Crippen LogP contribution in [0, 0.1) is 0 Å². The first-order chi connectivity index (χ1) is 17.8. The third-order valence-corrected chi connectivity index (χ3v) is 6.67. The molecule has 4 aromatic rings. The van der Waals surface area contributed by atoms with Crippen LogP contribution in [0.5, 0.6) is 0 Å². The molecule has 4 heterocycles. The molecule has 0 saturated carbocycles. The van der Waals surface area contributed by atoms with E-state index in [1.165, 1.54) is 18.0 Å². The molecule has 11 heteroatoms. The Hall–Kier alpha value is -4.18. The lowest BCUT2D eigenvalue weighted by molar-refractivity contribution is -0.137. The minimum absolute atomic E-state index is 0.0982. The summed E-state index contributed by atoms with van der Waals surface area (Å²) in [6.07, 6.45) is 4.85. The molecular formula is C26H22ClFN6O3. The molecule has 1 saturated heterocycles. The summed E-state index contributed by atoms with van der Waals surface area (Å²) < 4.78 is 16.1. The minimum Gasteiger partial charge on any atom is -0.337 e. The number of fused-ring (bicyclic) bond motifs is 1. The summed E-state index contributed by atoms with van der Waals surface area (Å²) in [5.74, 6) is -1.13. The lowest BCUT2D eigenvalue weighted by Gasteiger charge is -2.24. The van der Waals surface area contributed by atoms with Crippen molar-refractivity contribution in [1.29, 1.82) is 0 Å². The first kappa shape index (κ1) is 24.5. The monoisotopic (exact) mass is 520 g/mol. The average Bonchev–Trinajstić information content (AvgIpc) is 3.46. The van der Waals surface area contributed by atoms with Gasteiger partial charge in [-0.25, -0.2) is 9.37 Å². The molecule has 0 aliphatic carbocycles. The van der Waals surface area contributed by atoms with Crippen molar-refractivity contribution in [3.63, 3.8) is 0 Å². The molecule has 0 spiro atoms. The predicted octanol–water partition coefficient (Wildman–Crippen LogP) is 3.93. The van der Waals surface area contributed by atoms with Gasteiger partial charge in [-0.1, -0.05) is 17.7 Å². The minimum atomic E-state index is -1.34. The normalized spacial score (nSPS) is 17.2. The summed E-state index contributed by atoms with van der Waals surface area (Å²) in [4.78, 5) is 43.8. The van der Waals surface area contributed by atoms with Crippen molar-refractivity contribution in [3.8, 4) is 11.1 Å². The first-order valence-corrected chi connectivity index (χ1v) is 12.0. The lowest BCUT2D eigenvalue weighted by atomic mass is 10.0. The number of carbonyl (C=O) groups excluding carboxylic acids is 3. The van der Waals surface area contributed by atoms with Crippen LogP contribution in [-0.2, 0) is 16.1 Å². The average molecular weight is 521 g/mol. The lowest BCUT2D eigenvalue weighted by Crippen LogP contribution is -2.44. The summed E-state index contributed by atoms with van der Waals surface area (Å²) in [5.41, 5.74) is 3.09. The van der Waals surface area contributed by atoms with Gasteiger partial charge in [-0.05, 0) is 42.8 Å². The van der Waals surface area contributed by atoms with Gasteiger partial charge in [-0.15, -0.1) is 0 Å². The zero-order chi connectivity index (χ0) is 26.1. The van der Waals surface area contributed by atoms with Gasteiger partial charge in [0.25, 0.3) is 0 Å². The van der Waals surface area contributed by atoms with Crippen molar-refractivity contribution < 1.29 is 18.8 Å². The van der Waals surface area contributed by atoms with Crippen molar-refractivity contribution in [2.24, 2.45) is 0 Å². The van der Waals surface area contributed by atoms with Crippen molar-refractivity contribution in [1.82, 2.24) is 24.6 Å². The van der Waals surface area contributed by atoms with Crippen molar-refractivity contribution >= 4 is 45.8 Å². The standard InChI is InChI=1S/C26H22ClFN6O3/c1-15(35)20-13-33(22-5-4-16(9-19(20)22)17-6-8-30-31-11-17)14-24(36)34-12-18(28)10-23(34)26(37)32-21-3-2-7-29-25(21)27/h2-9,11,13,18,23H,10,12,14H2,1H3,(H,32,37)/t18-,23+/m1/s1. The number of rotatable bonds is 6. The van der Waals surface area contributed by atoms with Gasteiger partial charge in [0, 0.05) is 40.8 Å². The van der Waals surface area contributed by atoms with Crippen LogP contribution < -0.4 is 5.32 Å². The molecule has 2 amide bonds. The highest BCUT2D eigenvalue weighted by Crippen LogP contribution is 2.29. The van der Waals surface area contributed by atoms with E-state index < -0.39 is 24.0 Å². The molecule has 188 valence electrons. The number of carbonyl (C=O) groups is 3. The van der Waals surface area contributed by atoms with Gasteiger partial charge in [0.05, 0.1) is 24.6 Å². The van der Waals surface area contributed by atoms with E-state index in [0.29, 0.717) is 16.5 Å². The van der Waals surface area contributed by atoms with Crippen LogP contribution in [0.25, 0.3) is 22.0 Å². The summed E-state index contributed by atoms with van der Waals surface area (Å²) >= 11 is 6.03. The summed E-state index contributed by atoms with van der Waals surface area (Å²) in [6, 6.07) is 9.55. The number of alkyl halides is 1. The fourth-order valence-electron chi connectivity index (χ4n) is 4.59. The zero-order valence-corrected chi connectivity index (χ0v) is 20.5. The smallest absolute Gasteiger partial charge is 0.247 e. The van der Waals surface area contributed by atoms with Gasteiger partial charge in [0.2, 0.25) is 11.8 Å². The second kappa shape index (κ2) is 10.1. The number of anilines is 1. The maximum absolute atomic E-state index is 14.4. The largest absolute Gasteiger partial charge is 0.337 e. The Morgan fingerprint density at radius 3 is 2.70 bits per heavy atom. The van der Waals surface area contributed by atoms with Crippen LogP contribution >= 0.6 is 11.6 Å².